The van der Waals surface area contributed by atoms with Crippen molar-refractivity contribution < 1.29 is 4.92 Å². The van der Waals surface area contributed by atoms with Crippen molar-refractivity contribution in [2.24, 2.45) is 0 Å². The molecule has 0 aliphatic rings. The smallest absolute Gasteiger partial charge is 0.260 e. The summed E-state index contributed by atoms with van der Waals surface area (Å²) in [6.07, 6.45) is 0.606. The van der Waals surface area contributed by atoms with Crippen LogP contribution in [0.25, 0.3) is 0 Å². The number of nitro groups is 1. The molecule has 0 spiro atoms. The van der Waals surface area contributed by atoms with Crippen molar-refractivity contribution >= 4 is 21.6 Å². The number of halogens is 1. The maximum Gasteiger partial charge on any atom is 0.313 e. The summed E-state index contributed by atoms with van der Waals surface area (Å²) in [6.45, 7) is 7.59. The lowest BCUT2D eigenvalue weighted by Crippen LogP contribution is -2.11. The molecule has 5 nitrogen and oxygen atoms in total. The monoisotopic (exact) mass is 289 g/mol. The molecule has 1 aromatic rings. The predicted octanol–water partition coefficient (Wildman–Crippen LogP) is 3.01. The van der Waals surface area contributed by atoms with Crippen molar-refractivity contribution in [2.45, 2.75) is 45.0 Å². The molecular weight excluding hydrogens is 274 g/mol. The summed E-state index contributed by atoms with van der Waals surface area (Å²) < 4.78 is 1.74. The maximum absolute atomic E-state index is 11.0. The zero-order valence-corrected chi connectivity index (χ0v) is 11.5. The molecule has 0 fully saturated rings. The van der Waals surface area contributed by atoms with Gasteiger partial charge in [0.15, 0.2) is 0 Å². The van der Waals surface area contributed by atoms with E-state index in [4.69, 9.17) is 0 Å². The first-order valence-electron chi connectivity index (χ1n) is 5.21. The normalized spacial score (nSPS) is 13.1. The summed E-state index contributed by atoms with van der Waals surface area (Å²) in [6, 6.07) is 0.133. The summed E-state index contributed by atoms with van der Waals surface area (Å²) in [7, 11) is 0. The Kier molecular flexibility index (Phi) is 4.07. The van der Waals surface area contributed by atoms with Crippen LogP contribution in [0, 0.1) is 17.0 Å². The van der Waals surface area contributed by atoms with E-state index in [1.165, 1.54) is 0 Å². The number of hydrogen-bond acceptors (Lipinski definition) is 3. The maximum atomic E-state index is 11.0. The number of aromatic nitrogens is 2. The Morgan fingerprint density at radius 1 is 1.50 bits per heavy atom. The average molecular weight is 290 g/mol. The van der Waals surface area contributed by atoms with Gasteiger partial charge in [-0.2, -0.15) is 5.10 Å². The second kappa shape index (κ2) is 4.95. The lowest BCUT2D eigenvalue weighted by molar-refractivity contribution is -0.386. The van der Waals surface area contributed by atoms with Gasteiger partial charge in [-0.3, -0.25) is 14.8 Å². The minimum Gasteiger partial charge on any atom is -0.260 e. The van der Waals surface area contributed by atoms with Gasteiger partial charge in [-0.15, -0.1) is 0 Å². The quantitative estimate of drug-likeness (QED) is 0.486. The van der Waals surface area contributed by atoms with Gasteiger partial charge in [-0.25, -0.2) is 0 Å². The van der Waals surface area contributed by atoms with Crippen molar-refractivity contribution in [3.63, 3.8) is 0 Å². The lowest BCUT2D eigenvalue weighted by atomic mass is 10.2. The molecule has 90 valence electrons. The first-order valence-corrected chi connectivity index (χ1v) is 6.12. The summed E-state index contributed by atoms with van der Waals surface area (Å²) >= 11 is 3.42. The van der Waals surface area contributed by atoms with E-state index in [1.54, 1.807) is 11.6 Å². The molecule has 0 amide bonds. The molecule has 0 radical (unpaired) electrons. The predicted molar refractivity (Wildman–Crippen MR) is 66.1 cm³/mol. The summed E-state index contributed by atoms with van der Waals surface area (Å²) in [5, 5.41) is 15.2. The van der Waals surface area contributed by atoms with Gasteiger partial charge < -0.3 is 0 Å². The number of aryl methyl sites for hydroxylation is 1. The average Bonchev–Trinajstić information content (AvgIpc) is 2.41. The summed E-state index contributed by atoms with van der Waals surface area (Å²) in [5.41, 5.74) is 1.34. The summed E-state index contributed by atoms with van der Waals surface area (Å²) in [4.78, 5) is 10.8. The Bertz CT molecular complexity index is 399. The Morgan fingerprint density at radius 3 is 2.44 bits per heavy atom. The minimum atomic E-state index is -0.341. The number of rotatable bonds is 4. The second-order valence-electron chi connectivity index (χ2n) is 4.16. The highest BCUT2D eigenvalue weighted by atomic mass is 79.9. The minimum absolute atomic E-state index is 0.133. The van der Waals surface area contributed by atoms with E-state index < -0.39 is 0 Å². The molecule has 1 rings (SSSR count). The van der Waals surface area contributed by atoms with E-state index in [-0.39, 0.29) is 21.5 Å². The van der Waals surface area contributed by atoms with Gasteiger partial charge >= 0.3 is 5.69 Å². The van der Waals surface area contributed by atoms with Crippen molar-refractivity contribution in [3.8, 4) is 0 Å². The van der Waals surface area contributed by atoms with E-state index in [1.807, 2.05) is 20.8 Å². The molecule has 1 aromatic heterocycles. The third-order valence-corrected chi connectivity index (χ3v) is 2.62. The molecule has 16 heavy (non-hydrogen) atoms. The third kappa shape index (κ3) is 2.61. The topological polar surface area (TPSA) is 61.0 Å². The largest absolute Gasteiger partial charge is 0.313 e. The fourth-order valence-electron chi connectivity index (χ4n) is 1.71. The van der Waals surface area contributed by atoms with Gasteiger partial charge in [0.25, 0.3) is 0 Å². The molecule has 1 atom stereocenters. The van der Waals surface area contributed by atoms with Gasteiger partial charge in [-0.05, 0) is 20.8 Å². The first-order chi connectivity index (χ1) is 7.34. The lowest BCUT2D eigenvalue weighted by Gasteiger charge is -2.10. The van der Waals surface area contributed by atoms with Gasteiger partial charge in [0.1, 0.15) is 11.4 Å². The number of hydrogen-bond donors (Lipinski definition) is 0. The van der Waals surface area contributed by atoms with Crippen LogP contribution in [0.15, 0.2) is 0 Å². The fraction of sp³-hybridized carbons (Fsp3) is 0.700. The van der Waals surface area contributed by atoms with Crippen molar-refractivity contribution in [2.75, 3.05) is 0 Å². The highest BCUT2D eigenvalue weighted by Gasteiger charge is 2.26. The number of nitrogens with zero attached hydrogens (tertiary/aromatic N) is 3. The Hall–Kier alpha value is -0.910. The van der Waals surface area contributed by atoms with Crippen LogP contribution in [0.1, 0.15) is 38.2 Å². The van der Waals surface area contributed by atoms with Crippen LogP contribution in [0.5, 0.6) is 0 Å². The van der Waals surface area contributed by atoms with Crippen molar-refractivity contribution in [1.82, 2.24) is 9.78 Å². The van der Waals surface area contributed by atoms with Crippen molar-refractivity contribution in [1.29, 1.82) is 0 Å². The van der Waals surface area contributed by atoms with Crippen LogP contribution in [0.2, 0.25) is 0 Å². The van der Waals surface area contributed by atoms with Crippen LogP contribution in [-0.4, -0.2) is 19.5 Å². The molecule has 0 saturated heterocycles. The second-order valence-corrected chi connectivity index (χ2v) is 5.72. The zero-order valence-electron chi connectivity index (χ0n) is 9.90. The molecule has 1 unspecified atom stereocenters. The van der Waals surface area contributed by atoms with Gasteiger partial charge in [0.2, 0.25) is 0 Å². The van der Waals surface area contributed by atoms with Crippen LogP contribution < -0.4 is 0 Å². The number of alkyl halides is 1. The highest BCUT2D eigenvalue weighted by molar-refractivity contribution is 9.09. The van der Waals surface area contributed by atoms with Crippen LogP contribution in [0.4, 0.5) is 5.69 Å². The van der Waals surface area contributed by atoms with E-state index >= 15 is 0 Å². The molecule has 1 heterocycles. The molecule has 0 N–H and O–H groups in total. The van der Waals surface area contributed by atoms with E-state index in [9.17, 15) is 10.1 Å². The Morgan fingerprint density at radius 2 is 2.06 bits per heavy atom. The molecular formula is C10H16BrN3O2. The van der Waals surface area contributed by atoms with Crippen molar-refractivity contribution in [3.05, 3.63) is 21.5 Å². The standard InChI is InChI=1S/C10H16BrN3O2/c1-6(2)13-9(5-7(3)11)10(14(15)16)8(4)12-13/h6-7H,5H2,1-4H3. The van der Waals surface area contributed by atoms with E-state index in [2.05, 4.69) is 21.0 Å². The fourth-order valence-corrected chi connectivity index (χ4v) is 2.01. The van der Waals surface area contributed by atoms with Gasteiger partial charge in [0, 0.05) is 17.3 Å². The zero-order chi connectivity index (χ0) is 12.5. The third-order valence-electron chi connectivity index (χ3n) is 2.30. The van der Waals surface area contributed by atoms with Gasteiger partial charge in [0.05, 0.1) is 4.92 Å². The molecule has 0 saturated carbocycles. The van der Waals surface area contributed by atoms with E-state index in [0.29, 0.717) is 17.8 Å². The molecule has 0 aliphatic heterocycles. The molecule has 0 bridgehead atoms. The molecule has 0 aliphatic carbocycles. The SMILES string of the molecule is Cc1nn(C(C)C)c(CC(C)Br)c1[N+](=O)[O-]. The molecule has 0 aromatic carbocycles. The Labute approximate surface area is 103 Å². The Balaban J connectivity index is 3.31. The van der Waals surface area contributed by atoms with E-state index in [0.717, 1.165) is 0 Å². The van der Waals surface area contributed by atoms with Gasteiger partial charge in [-0.1, -0.05) is 22.9 Å². The van der Waals surface area contributed by atoms with Crippen LogP contribution >= 0.6 is 15.9 Å². The first kappa shape index (κ1) is 13.2. The van der Waals surface area contributed by atoms with Crippen LogP contribution in [0.3, 0.4) is 0 Å². The molecule has 6 heteroatoms. The van der Waals surface area contributed by atoms with Crippen LogP contribution in [-0.2, 0) is 6.42 Å². The summed E-state index contributed by atoms with van der Waals surface area (Å²) in [5.74, 6) is 0. The highest BCUT2D eigenvalue weighted by Crippen LogP contribution is 2.27.